The first kappa shape index (κ1) is 20.5. The predicted molar refractivity (Wildman–Crippen MR) is 117 cm³/mol. The number of benzene rings is 2. The van der Waals surface area contributed by atoms with E-state index in [0.717, 1.165) is 5.69 Å². The second-order valence-electron chi connectivity index (χ2n) is 7.95. The van der Waals surface area contributed by atoms with Crippen LogP contribution in [0.3, 0.4) is 0 Å². The lowest BCUT2D eigenvalue weighted by Crippen LogP contribution is -2.42. The van der Waals surface area contributed by atoms with Crippen molar-refractivity contribution in [1.29, 1.82) is 0 Å². The fourth-order valence-corrected chi connectivity index (χ4v) is 3.15. The van der Waals surface area contributed by atoms with Gasteiger partial charge in [0.1, 0.15) is 12.4 Å². The van der Waals surface area contributed by atoms with Crippen molar-refractivity contribution in [2.24, 2.45) is 5.41 Å². The molecule has 0 spiro atoms. The zero-order valence-electron chi connectivity index (χ0n) is 17.4. The Bertz CT molecular complexity index is 933. The van der Waals surface area contributed by atoms with Gasteiger partial charge in [0.05, 0.1) is 11.1 Å². The van der Waals surface area contributed by atoms with Crippen molar-refractivity contribution in [2.75, 3.05) is 42.4 Å². The molecule has 0 aliphatic carbocycles. The van der Waals surface area contributed by atoms with E-state index < -0.39 is 5.41 Å². The third-order valence-corrected chi connectivity index (χ3v) is 4.88. The van der Waals surface area contributed by atoms with E-state index in [4.69, 9.17) is 4.74 Å². The highest BCUT2D eigenvalue weighted by Crippen LogP contribution is 2.38. The molecular formula is C23H27N3O3. The quantitative estimate of drug-likeness (QED) is 0.782. The van der Waals surface area contributed by atoms with Crippen LogP contribution in [0.25, 0.3) is 0 Å². The van der Waals surface area contributed by atoms with Crippen LogP contribution in [0.5, 0.6) is 5.75 Å². The minimum atomic E-state index is -0.653. The Labute approximate surface area is 171 Å². The molecule has 0 saturated carbocycles. The summed E-state index contributed by atoms with van der Waals surface area (Å²) in [6, 6.07) is 12.7. The number of carbonyl (C=O) groups is 2. The van der Waals surface area contributed by atoms with Crippen molar-refractivity contribution in [2.45, 2.75) is 13.8 Å². The molecule has 0 atom stereocenters. The maximum absolute atomic E-state index is 13.0. The van der Waals surface area contributed by atoms with Gasteiger partial charge in [0, 0.05) is 37.6 Å². The van der Waals surface area contributed by atoms with Crippen molar-refractivity contribution in [3.8, 4) is 5.75 Å². The van der Waals surface area contributed by atoms with Crippen molar-refractivity contribution in [3.63, 3.8) is 0 Å². The maximum atomic E-state index is 13.0. The van der Waals surface area contributed by atoms with Gasteiger partial charge in [0.25, 0.3) is 5.91 Å². The van der Waals surface area contributed by atoms with Gasteiger partial charge in [-0.1, -0.05) is 6.08 Å². The van der Waals surface area contributed by atoms with Crippen LogP contribution in [0, 0.1) is 5.41 Å². The van der Waals surface area contributed by atoms with Gasteiger partial charge in [-0.25, -0.2) is 0 Å². The fraction of sp³-hybridized carbons (Fsp3) is 0.304. The molecule has 6 nitrogen and oxygen atoms in total. The minimum absolute atomic E-state index is 0.0427. The van der Waals surface area contributed by atoms with Crippen LogP contribution < -0.4 is 19.9 Å². The van der Waals surface area contributed by atoms with E-state index in [-0.39, 0.29) is 18.4 Å². The number of hydrogen-bond acceptors (Lipinski definition) is 4. The molecule has 3 rings (SSSR count). The highest BCUT2D eigenvalue weighted by atomic mass is 16.5. The van der Waals surface area contributed by atoms with Gasteiger partial charge in [-0.3, -0.25) is 9.59 Å². The first-order valence-electron chi connectivity index (χ1n) is 9.51. The third-order valence-electron chi connectivity index (χ3n) is 4.88. The molecule has 0 radical (unpaired) electrons. The number of nitrogens with one attached hydrogen (secondary N) is 1. The molecule has 6 heteroatoms. The van der Waals surface area contributed by atoms with Crippen LogP contribution in [-0.2, 0) is 4.79 Å². The lowest BCUT2D eigenvalue weighted by molar-refractivity contribution is -0.127. The van der Waals surface area contributed by atoms with Gasteiger partial charge in [0.15, 0.2) is 0 Å². The number of anilines is 3. The summed E-state index contributed by atoms with van der Waals surface area (Å²) in [4.78, 5) is 29.2. The zero-order chi connectivity index (χ0) is 21.2. The molecule has 0 fully saturated rings. The van der Waals surface area contributed by atoms with Crippen molar-refractivity contribution in [1.82, 2.24) is 0 Å². The molecule has 0 aromatic heterocycles. The molecule has 0 unspecified atom stereocenters. The lowest BCUT2D eigenvalue weighted by Gasteiger charge is -2.27. The normalized spacial score (nSPS) is 15.0. The van der Waals surface area contributed by atoms with Crippen LogP contribution >= 0.6 is 0 Å². The first-order chi connectivity index (χ1) is 13.7. The van der Waals surface area contributed by atoms with E-state index in [1.807, 2.05) is 45.0 Å². The minimum Gasteiger partial charge on any atom is -0.490 e. The lowest BCUT2D eigenvalue weighted by atomic mass is 9.93. The maximum Gasteiger partial charge on any atom is 0.255 e. The molecule has 29 heavy (non-hydrogen) atoms. The standard InChI is InChI=1S/C23H27N3O3/c1-6-13-26-19-14-17(9-12-20(19)29-15-23(2,3)22(26)28)24-21(27)16-7-10-18(11-8-16)25(4)5/h6-12,14H,1,13,15H2,2-5H3,(H,24,27). The van der Waals surface area contributed by atoms with E-state index in [1.54, 1.807) is 41.3 Å². The SMILES string of the molecule is C=CCN1C(=O)C(C)(C)COc2ccc(NC(=O)c3ccc(N(C)C)cc3)cc21. The molecule has 1 N–H and O–H groups in total. The molecule has 0 saturated heterocycles. The number of ether oxygens (including phenoxy) is 1. The molecule has 1 heterocycles. The second-order valence-corrected chi connectivity index (χ2v) is 7.95. The Kier molecular flexibility index (Phi) is 5.64. The van der Waals surface area contributed by atoms with E-state index in [0.29, 0.717) is 29.2 Å². The monoisotopic (exact) mass is 393 g/mol. The zero-order valence-corrected chi connectivity index (χ0v) is 17.4. The summed E-state index contributed by atoms with van der Waals surface area (Å²) in [6.45, 7) is 8.13. The molecule has 2 amide bonds. The van der Waals surface area contributed by atoms with Crippen LogP contribution in [0.15, 0.2) is 55.1 Å². The van der Waals surface area contributed by atoms with Gasteiger partial charge in [-0.05, 0) is 56.3 Å². The summed E-state index contributed by atoms with van der Waals surface area (Å²) in [7, 11) is 3.90. The number of amides is 2. The molecule has 1 aliphatic heterocycles. The van der Waals surface area contributed by atoms with E-state index in [2.05, 4.69) is 11.9 Å². The Morgan fingerprint density at radius 3 is 2.55 bits per heavy atom. The average molecular weight is 393 g/mol. The fourth-order valence-electron chi connectivity index (χ4n) is 3.15. The molecular weight excluding hydrogens is 366 g/mol. The Hall–Kier alpha value is -3.28. The average Bonchev–Trinajstić information content (AvgIpc) is 2.78. The number of fused-ring (bicyclic) bond motifs is 1. The largest absolute Gasteiger partial charge is 0.490 e. The first-order valence-corrected chi connectivity index (χ1v) is 9.51. The van der Waals surface area contributed by atoms with E-state index in [1.165, 1.54) is 0 Å². The Balaban J connectivity index is 1.87. The van der Waals surface area contributed by atoms with Crippen molar-refractivity contribution in [3.05, 3.63) is 60.7 Å². The van der Waals surface area contributed by atoms with Gasteiger partial charge in [0.2, 0.25) is 5.91 Å². The van der Waals surface area contributed by atoms with Gasteiger partial charge in [-0.2, -0.15) is 0 Å². The van der Waals surface area contributed by atoms with Gasteiger partial charge >= 0.3 is 0 Å². The van der Waals surface area contributed by atoms with Gasteiger partial charge < -0.3 is 19.9 Å². The smallest absolute Gasteiger partial charge is 0.255 e. The van der Waals surface area contributed by atoms with E-state index in [9.17, 15) is 9.59 Å². The summed E-state index contributed by atoms with van der Waals surface area (Å²) in [5, 5.41) is 2.90. The van der Waals surface area contributed by atoms with E-state index >= 15 is 0 Å². The Morgan fingerprint density at radius 2 is 1.93 bits per heavy atom. The number of hydrogen-bond donors (Lipinski definition) is 1. The van der Waals surface area contributed by atoms with Gasteiger partial charge in [-0.15, -0.1) is 6.58 Å². The Morgan fingerprint density at radius 1 is 1.24 bits per heavy atom. The highest BCUT2D eigenvalue weighted by molar-refractivity contribution is 6.05. The van der Waals surface area contributed by atoms with Crippen molar-refractivity contribution >= 4 is 28.9 Å². The van der Waals surface area contributed by atoms with Crippen LogP contribution in [0.4, 0.5) is 17.1 Å². The summed E-state index contributed by atoms with van der Waals surface area (Å²) in [5.41, 5.74) is 2.14. The molecule has 2 aromatic rings. The van der Waals surface area contributed by atoms with Crippen LogP contribution in [-0.4, -0.2) is 39.1 Å². The molecule has 0 bridgehead atoms. The highest BCUT2D eigenvalue weighted by Gasteiger charge is 2.37. The summed E-state index contributed by atoms with van der Waals surface area (Å²) in [5.74, 6) is 0.352. The molecule has 2 aromatic carbocycles. The van der Waals surface area contributed by atoms with Crippen molar-refractivity contribution < 1.29 is 14.3 Å². The number of carbonyl (C=O) groups excluding carboxylic acids is 2. The summed E-state index contributed by atoms with van der Waals surface area (Å²) < 4.78 is 5.88. The number of rotatable bonds is 5. The second kappa shape index (κ2) is 7.99. The topological polar surface area (TPSA) is 61.9 Å². The molecule has 152 valence electrons. The predicted octanol–water partition coefficient (Wildman–Crippen LogP) is 3.94. The number of nitrogens with zero attached hydrogens (tertiary/aromatic N) is 2. The summed E-state index contributed by atoms with van der Waals surface area (Å²) in [6.07, 6.45) is 1.68. The van der Waals surface area contributed by atoms with Crippen LogP contribution in [0.2, 0.25) is 0 Å². The third kappa shape index (κ3) is 4.26. The summed E-state index contributed by atoms with van der Waals surface area (Å²) >= 11 is 0. The molecule has 1 aliphatic rings. The van der Waals surface area contributed by atoms with Crippen LogP contribution in [0.1, 0.15) is 24.2 Å².